The second-order valence-corrected chi connectivity index (χ2v) is 6.32. The van der Waals surface area contributed by atoms with Crippen molar-refractivity contribution in [2.24, 2.45) is 0 Å². The molecule has 0 aliphatic carbocycles. The van der Waals surface area contributed by atoms with Crippen molar-refractivity contribution < 1.29 is 13.2 Å². The smallest absolute Gasteiger partial charge is 0.306 e. The average Bonchev–Trinajstić information content (AvgIpc) is 2.60. The van der Waals surface area contributed by atoms with Crippen molar-refractivity contribution in [2.45, 2.75) is 32.6 Å². The first kappa shape index (κ1) is 17.5. The molecule has 1 atom stereocenters. The molecule has 0 saturated carbocycles. The zero-order valence-electron chi connectivity index (χ0n) is 14.2. The van der Waals surface area contributed by atoms with E-state index in [0.717, 1.165) is 11.6 Å². The molecule has 0 aliphatic heterocycles. The number of aryl methyl sites for hydroxylation is 1. The van der Waals surface area contributed by atoms with E-state index in [4.69, 9.17) is 0 Å². The molecule has 0 saturated heterocycles. The summed E-state index contributed by atoms with van der Waals surface area (Å²) >= 11 is 0. The summed E-state index contributed by atoms with van der Waals surface area (Å²) < 4.78 is 38.5. The second kappa shape index (κ2) is 6.89. The standard InChI is InChI=1S/C21H20F3N/c1-14-10-11-19(20-9-4-3-8-18(14)20)15(2)25-13-16-6-5-7-17(12-16)21(22,23)24/h3-12,15,25H,13H2,1-2H3. The summed E-state index contributed by atoms with van der Waals surface area (Å²) in [6, 6.07) is 17.8. The predicted octanol–water partition coefficient (Wildman–Crippen LogP) is 6.02. The summed E-state index contributed by atoms with van der Waals surface area (Å²) in [5.41, 5.74) is 2.37. The number of halogens is 3. The SMILES string of the molecule is Cc1ccc(C(C)NCc2cccc(C(F)(F)F)c2)c2ccccc12. The maximum atomic E-state index is 12.8. The van der Waals surface area contributed by atoms with Gasteiger partial charge in [-0.3, -0.25) is 0 Å². The van der Waals surface area contributed by atoms with Crippen molar-refractivity contribution in [3.63, 3.8) is 0 Å². The molecule has 3 aromatic rings. The van der Waals surface area contributed by atoms with Gasteiger partial charge in [0.25, 0.3) is 0 Å². The third-order valence-electron chi connectivity index (χ3n) is 4.51. The van der Waals surface area contributed by atoms with Crippen molar-refractivity contribution in [3.05, 3.63) is 82.9 Å². The van der Waals surface area contributed by atoms with Crippen LogP contribution in [0.2, 0.25) is 0 Å². The monoisotopic (exact) mass is 343 g/mol. The average molecular weight is 343 g/mol. The molecule has 0 bridgehead atoms. The quantitative estimate of drug-likeness (QED) is 0.611. The molecule has 0 spiro atoms. The van der Waals surface area contributed by atoms with E-state index in [2.05, 4.69) is 36.5 Å². The predicted molar refractivity (Wildman–Crippen MR) is 95.4 cm³/mol. The van der Waals surface area contributed by atoms with Gasteiger partial charge >= 0.3 is 6.18 Å². The third-order valence-corrected chi connectivity index (χ3v) is 4.51. The van der Waals surface area contributed by atoms with E-state index in [9.17, 15) is 13.2 Å². The molecule has 130 valence electrons. The van der Waals surface area contributed by atoms with Gasteiger partial charge < -0.3 is 5.32 Å². The molecule has 3 rings (SSSR count). The van der Waals surface area contributed by atoms with Crippen LogP contribution < -0.4 is 5.32 Å². The molecular weight excluding hydrogens is 323 g/mol. The van der Waals surface area contributed by atoms with Crippen LogP contribution in [0.1, 0.15) is 35.2 Å². The van der Waals surface area contributed by atoms with E-state index in [-0.39, 0.29) is 6.04 Å². The van der Waals surface area contributed by atoms with Gasteiger partial charge in [0.2, 0.25) is 0 Å². The highest BCUT2D eigenvalue weighted by Crippen LogP contribution is 2.30. The van der Waals surface area contributed by atoms with Crippen molar-refractivity contribution >= 4 is 10.8 Å². The number of alkyl halides is 3. The minimum Gasteiger partial charge on any atom is -0.306 e. The number of fused-ring (bicyclic) bond motifs is 1. The van der Waals surface area contributed by atoms with Gasteiger partial charge in [-0.1, -0.05) is 54.6 Å². The van der Waals surface area contributed by atoms with Crippen molar-refractivity contribution in [2.75, 3.05) is 0 Å². The summed E-state index contributed by atoms with van der Waals surface area (Å²) in [6.07, 6.45) is -4.31. The van der Waals surface area contributed by atoms with Crippen molar-refractivity contribution in [3.8, 4) is 0 Å². The van der Waals surface area contributed by atoms with Crippen LogP contribution in [0, 0.1) is 6.92 Å². The Labute approximate surface area is 145 Å². The van der Waals surface area contributed by atoms with E-state index in [0.29, 0.717) is 12.1 Å². The Kier molecular flexibility index (Phi) is 4.82. The molecular formula is C21H20F3N. The van der Waals surface area contributed by atoms with Crippen LogP contribution in [0.4, 0.5) is 13.2 Å². The fourth-order valence-corrected chi connectivity index (χ4v) is 3.09. The molecule has 1 nitrogen and oxygen atoms in total. The maximum Gasteiger partial charge on any atom is 0.416 e. The van der Waals surface area contributed by atoms with E-state index < -0.39 is 11.7 Å². The van der Waals surface area contributed by atoms with Gasteiger partial charge in [0.05, 0.1) is 5.56 Å². The molecule has 1 unspecified atom stereocenters. The van der Waals surface area contributed by atoms with Crippen LogP contribution >= 0.6 is 0 Å². The lowest BCUT2D eigenvalue weighted by atomic mass is 9.96. The maximum absolute atomic E-state index is 12.8. The van der Waals surface area contributed by atoms with Gasteiger partial charge in [-0.25, -0.2) is 0 Å². The Morgan fingerprint density at radius 3 is 2.36 bits per heavy atom. The zero-order valence-corrected chi connectivity index (χ0v) is 14.2. The highest BCUT2D eigenvalue weighted by Gasteiger charge is 2.30. The molecule has 0 radical (unpaired) electrons. The molecule has 1 N–H and O–H groups in total. The highest BCUT2D eigenvalue weighted by molar-refractivity contribution is 5.88. The molecule has 0 heterocycles. The minimum absolute atomic E-state index is 0.0278. The molecule has 4 heteroatoms. The Bertz CT molecular complexity index is 884. The van der Waals surface area contributed by atoms with Crippen LogP contribution in [0.5, 0.6) is 0 Å². The van der Waals surface area contributed by atoms with E-state index >= 15 is 0 Å². The number of rotatable bonds is 4. The lowest BCUT2D eigenvalue weighted by Crippen LogP contribution is -2.19. The fraction of sp³-hybridized carbons (Fsp3) is 0.238. The largest absolute Gasteiger partial charge is 0.416 e. The van der Waals surface area contributed by atoms with Gasteiger partial charge in [-0.2, -0.15) is 13.2 Å². The summed E-state index contributed by atoms with van der Waals surface area (Å²) in [6.45, 7) is 4.49. The number of nitrogens with one attached hydrogen (secondary N) is 1. The van der Waals surface area contributed by atoms with E-state index in [1.54, 1.807) is 6.07 Å². The Balaban J connectivity index is 1.80. The van der Waals surface area contributed by atoms with Crippen LogP contribution in [0.15, 0.2) is 60.7 Å². The van der Waals surface area contributed by atoms with Crippen LogP contribution in [-0.2, 0) is 12.7 Å². The minimum atomic E-state index is -4.31. The fourth-order valence-electron chi connectivity index (χ4n) is 3.09. The summed E-state index contributed by atoms with van der Waals surface area (Å²) in [7, 11) is 0. The number of hydrogen-bond donors (Lipinski definition) is 1. The van der Waals surface area contributed by atoms with Gasteiger partial charge in [-0.15, -0.1) is 0 Å². The highest BCUT2D eigenvalue weighted by atomic mass is 19.4. The molecule has 0 fully saturated rings. The summed E-state index contributed by atoms with van der Waals surface area (Å²) in [5, 5.41) is 5.71. The molecule has 3 aromatic carbocycles. The Morgan fingerprint density at radius 2 is 1.64 bits per heavy atom. The van der Waals surface area contributed by atoms with Gasteiger partial charge in [0, 0.05) is 12.6 Å². The topological polar surface area (TPSA) is 12.0 Å². The normalized spacial score (nSPS) is 13.2. The first-order valence-electron chi connectivity index (χ1n) is 8.24. The number of benzene rings is 3. The lowest BCUT2D eigenvalue weighted by molar-refractivity contribution is -0.137. The number of hydrogen-bond acceptors (Lipinski definition) is 1. The first-order chi connectivity index (χ1) is 11.9. The van der Waals surface area contributed by atoms with E-state index in [1.807, 2.05) is 19.1 Å². The lowest BCUT2D eigenvalue weighted by Gasteiger charge is -2.18. The first-order valence-corrected chi connectivity index (χ1v) is 8.24. The van der Waals surface area contributed by atoms with Crippen LogP contribution in [-0.4, -0.2) is 0 Å². The van der Waals surface area contributed by atoms with Gasteiger partial charge in [0.15, 0.2) is 0 Å². The Hall–Kier alpha value is -2.33. The van der Waals surface area contributed by atoms with Crippen LogP contribution in [0.25, 0.3) is 10.8 Å². The summed E-state index contributed by atoms with van der Waals surface area (Å²) in [5.74, 6) is 0. The van der Waals surface area contributed by atoms with Crippen LogP contribution in [0.3, 0.4) is 0 Å². The van der Waals surface area contributed by atoms with Crippen molar-refractivity contribution in [1.29, 1.82) is 0 Å². The second-order valence-electron chi connectivity index (χ2n) is 6.32. The van der Waals surface area contributed by atoms with E-state index in [1.165, 1.54) is 28.5 Å². The molecule has 0 amide bonds. The molecule has 25 heavy (non-hydrogen) atoms. The third kappa shape index (κ3) is 3.85. The molecule has 0 aromatic heterocycles. The van der Waals surface area contributed by atoms with Crippen molar-refractivity contribution in [1.82, 2.24) is 5.32 Å². The molecule has 0 aliphatic rings. The summed E-state index contributed by atoms with van der Waals surface area (Å²) in [4.78, 5) is 0. The van der Waals surface area contributed by atoms with Gasteiger partial charge in [0.1, 0.15) is 0 Å². The Morgan fingerprint density at radius 1 is 0.920 bits per heavy atom. The zero-order chi connectivity index (χ0) is 18.0. The van der Waals surface area contributed by atoms with Gasteiger partial charge in [-0.05, 0) is 47.4 Å².